The molecule has 2 heterocycles. The second-order valence-corrected chi connectivity index (χ2v) is 7.01. The topological polar surface area (TPSA) is 59.2 Å². The molecule has 0 unspecified atom stereocenters. The normalized spacial score (nSPS) is 17.0. The van der Waals surface area contributed by atoms with Crippen LogP contribution in [0.2, 0.25) is 0 Å². The van der Waals surface area contributed by atoms with Crippen LogP contribution in [0.5, 0.6) is 0 Å². The number of nitrogens with zero attached hydrogens (tertiary/aromatic N) is 3. The Bertz CT molecular complexity index is 981. The monoisotopic (exact) mass is 383 g/mol. The van der Waals surface area contributed by atoms with Crippen molar-refractivity contribution >= 4 is 5.91 Å². The van der Waals surface area contributed by atoms with E-state index in [1.54, 1.807) is 0 Å². The SMILES string of the molecule is Cc1ccc(-c2noc([C@H]3CCCN(C(=O)c4c(F)cccc4F)C3)n2)cc1. The van der Waals surface area contributed by atoms with Crippen molar-refractivity contribution in [1.82, 2.24) is 15.0 Å². The van der Waals surface area contributed by atoms with E-state index in [2.05, 4.69) is 10.1 Å². The van der Waals surface area contributed by atoms with E-state index in [0.29, 0.717) is 24.7 Å². The smallest absolute Gasteiger partial charge is 0.259 e. The third-order valence-electron chi connectivity index (χ3n) is 4.99. The fourth-order valence-electron chi connectivity index (χ4n) is 3.44. The van der Waals surface area contributed by atoms with Gasteiger partial charge in [0, 0.05) is 18.7 Å². The second kappa shape index (κ2) is 7.50. The molecule has 1 amide bonds. The summed E-state index contributed by atoms with van der Waals surface area (Å²) in [6.45, 7) is 2.71. The lowest BCUT2D eigenvalue weighted by molar-refractivity contribution is 0.0686. The molecule has 0 radical (unpaired) electrons. The molecular formula is C21H19F2N3O2. The van der Waals surface area contributed by atoms with Crippen molar-refractivity contribution in [2.45, 2.75) is 25.7 Å². The lowest BCUT2D eigenvalue weighted by atomic mass is 9.97. The molecule has 28 heavy (non-hydrogen) atoms. The van der Waals surface area contributed by atoms with Gasteiger partial charge in [-0.15, -0.1) is 0 Å². The highest BCUT2D eigenvalue weighted by Gasteiger charge is 2.31. The Hall–Kier alpha value is -3.09. The van der Waals surface area contributed by atoms with Gasteiger partial charge in [0.1, 0.15) is 17.2 Å². The van der Waals surface area contributed by atoms with E-state index < -0.39 is 23.1 Å². The molecule has 1 atom stereocenters. The number of carbonyl (C=O) groups excluding carboxylic acids is 1. The van der Waals surface area contributed by atoms with Crippen molar-refractivity contribution in [3.8, 4) is 11.4 Å². The maximum atomic E-state index is 14.0. The van der Waals surface area contributed by atoms with E-state index in [-0.39, 0.29) is 12.5 Å². The van der Waals surface area contributed by atoms with Crippen LogP contribution in [0.15, 0.2) is 47.0 Å². The number of hydrogen-bond donors (Lipinski definition) is 0. The first kappa shape index (κ1) is 18.3. The summed E-state index contributed by atoms with van der Waals surface area (Å²) in [6, 6.07) is 11.2. The highest BCUT2D eigenvalue weighted by atomic mass is 19.1. The molecule has 0 bridgehead atoms. The molecule has 144 valence electrons. The third kappa shape index (κ3) is 3.52. The molecule has 4 rings (SSSR count). The third-order valence-corrected chi connectivity index (χ3v) is 4.99. The van der Waals surface area contributed by atoms with Crippen molar-refractivity contribution in [3.63, 3.8) is 0 Å². The molecule has 1 fully saturated rings. The first-order valence-corrected chi connectivity index (χ1v) is 9.17. The summed E-state index contributed by atoms with van der Waals surface area (Å²) < 4.78 is 33.4. The van der Waals surface area contributed by atoms with Crippen molar-refractivity contribution < 1.29 is 18.1 Å². The molecule has 1 aromatic heterocycles. The van der Waals surface area contributed by atoms with Crippen molar-refractivity contribution in [2.75, 3.05) is 13.1 Å². The number of amides is 1. The summed E-state index contributed by atoms with van der Waals surface area (Å²) in [7, 11) is 0. The standard InChI is InChI=1S/C21H19F2N3O2/c1-13-7-9-14(10-8-13)19-24-20(28-25-19)15-4-3-11-26(12-15)21(27)18-16(22)5-2-6-17(18)23/h2,5-10,15H,3-4,11-12H2,1H3/t15-/m0/s1. The Morgan fingerprint density at radius 3 is 2.57 bits per heavy atom. The van der Waals surface area contributed by atoms with Crippen LogP contribution >= 0.6 is 0 Å². The van der Waals surface area contributed by atoms with Crippen LogP contribution < -0.4 is 0 Å². The van der Waals surface area contributed by atoms with Crippen LogP contribution in [0.1, 0.15) is 40.6 Å². The number of aryl methyl sites for hydroxylation is 1. The van der Waals surface area contributed by atoms with Crippen LogP contribution in [0.4, 0.5) is 8.78 Å². The molecular weight excluding hydrogens is 364 g/mol. The average Bonchev–Trinajstić information content (AvgIpc) is 3.19. The predicted molar refractivity (Wildman–Crippen MR) is 98.7 cm³/mol. The molecule has 1 aliphatic rings. The largest absolute Gasteiger partial charge is 0.339 e. The van der Waals surface area contributed by atoms with E-state index in [1.807, 2.05) is 31.2 Å². The summed E-state index contributed by atoms with van der Waals surface area (Å²) in [5, 5.41) is 4.04. The number of carbonyl (C=O) groups is 1. The number of benzene rings is 2. The van der Waals surface area contributed by atoms with Crippen LogP contribution in [0.3, 0.4) is 0 Å². The first-order chi connectivity index (χ1) is 13.5. The zero-order chi connectivity index (χ0) is 19.7. The van der Waals surface area contributed by atoms with Gasteiger partial charge in [-0.25, -0.2) is 8.78 Å². The quantitative estimate of drug-likeness (QED) is 0.675. The van der Waals surface area contributed by atoms with Crippen molar-refractivity contribution in [3.05, 3.63) is 71.1 Å². The molecule has 0 N–H and O–H groups in total. The predicted octanol–water partition coefficient (Wildman–Crippen LogP) is 4.34. The summed E-state index contributed by atoms with van der Waals surface area (Å²) in [5.41, 5.74) is 1.46. The summed E-state index contributed by atoms with van der Waals surface area (Å²) >= 11 is 0. The Labute approximate surface area is 161 Å². The fourth-order valence-corrected chi connectivity index (χ4v) is 3.44. The maximum absolute atomic E-state index is 14.0. The van der Waals surface area contributed by atoms with Gasteiger partial charge in [-0.05, 0) is 31.9 Å². The highest BCUT2D eigenvalue weighted by molar-refractivity contribution is 5.94. The van der Waals surface area contributed by atoms with Gasteiger partial charge in [0.25, 0.3) is 5.91 Å². The molecule has 0 aliphatic carbocycles. The Morgan fingerprint density at radius 2 is 1.86 bits per heavy atom. The fraction of sp³-hybridized carbons (Fsp3) is 0.286. The number of hydrogen-bond acceptors (Lipinski definition) is 4. The van der Waals surface area contributed by atoms with Gasteiger partial charge in [0.15, 0.2) is 0 Å². The van der Waals surface area contributed by atoms with Gasteiger partial charge in [-0.2, -0.15) is 4.98 Å². The number of halogens is 2. The number of piperidine rings is 1. The molecule has 0 saturated carbocycles. The minimum absolute atomic E-state index is 0.167. The van der Waals surface area contributed by atoms with Gasteiger partial charge in [-0.3, -0.25) is 4.79 Å². The van der Waals surface area contributed by atoms with Gasteiger partial charge >= 0.3 is 0 Å². The molecule has 1 saturated heterocycles. The molecule has 7 heteroatoms. The number of likely N-dealkylation sites (tertiary alicyclic amines) is 1. The zero-order valence-electron chi connectivity index (χ0n) is 15.4. The van der Waals surface area contributed by atoms with Gasteiger partial charge < -0.3 is 9.42 Å². The van der Waals surface area contributed by atoms with E-state index in [9.17, 15) is 13.6 Å². The van der Waals surface area contributed by atoms with E-state index in [4.69, 9.17) is 4.52 Å². The van der Waals surface area contributed by atoms with Crippen LogP contribution in [-0.4, -0.2) is 34.0 Å². The van der Waals surface area contributed by atoms with E-state index >= 15 is 0 Å². The highest BCUT2D eigenvalue weighted by Crippen LogP contribution is 2.29. The summed E-state index contributed by atoms with van der Waals surface area (Å²) in [6.07, 6.45) is 1.45. The molecule has 0 spiro atoms. The Morgan fingerprint density at radius 1 is 1.14 bits per heavy atom. The lowest BCUT2D eigenvalue weighted by Gasteiger charge is -2.31. The minimum atomic E-state index is -0.855. The lowest BCUT2D eigenvalue weighted by Crippen LogP contribution is -2.40. The molecule has 1 aliphatic heterocycles. The summed E-state index contributed by atoms with van der Waals surface area (Å²) in [5.74, 6) is -1.61. The minimum Gasteiger partial charge on any atom is -0.339 e. The zero-order valence-corrected chi connectivity index (χ0v) is 15.4. The van der Waals surface area contributed by atoms with Crippen molar-refractivity contribution in [1.29, 1.82) is 0 Å². The molecule has 5 nitrogen and oxygen atoms in total. The van der Waals surface area contributed by atoms with Gasteiger partial charge in [-0.1, -0.05) is 41.1 Å². The van der Waals surface area contributed by atoms with Crippen LogP contribution in [0.25, 0.3) is 11.4 Å². The van der Waals surface area contributed by atoms with E-state index in [1.165, 1.54) is 11.0 Å². The first-order valence-electron chi connectivity index (χ1n) is 9.17. The number of rotatable bonds is 3. The van der Waals surface area contributed by atoms with Gasteiger partial charge in [0.2, 0.25) is 11.7 Å². The molecule has 3 aromatic rings. The summed E-state index contributed by atoms with van der Waals surface area (Å²) in [4.78, 5) is 18.6. The Kier molecular flexibility index (Phi) is 4.90. The second-order valence-electron chi connectivity index (χ2n) is 7.01. The molecule has 2 aromatic carbocycles. The van der Waals surface area contributed by atoms with Crippen LogP contribution in [-0.2, 0) is 0 Å². The Balaban J connectivity index is 1.53. The van der Waals surface area contributed by atoms with E-state index in [0.717, 1.165) is 29.7 Å². The number of aromatic nitrogens is 2. The maximum Gasteiger partial charge on any atom is 0.259 e. The average molecular weight is 383 g/mol. The van der Waals surface area contributed by atoms with Crippen LogP contribution in [0, 0.1) is 18.6 Å². The van der Waals surface area contributed by atoms with Gasteiger partial charge in [0.05, 0.1) is 5.92 Å². The van der Waals surface area contributed by atoms with Crippen molar-refractivity contribution in [2.24, 2.45) is 0 Å².